The fraction of sp³-hybridized carbons (Fsp3) is 0.408. The Kier molecular flexibility index (Phi) is 14.0. The summed E-state index contributed by atoms with van der Waals surface area (Å²) in [6.45, 7) is 10.4. The SMILES string of the molecule is CC1(C)CCC(CN2CCN(c3ccc(C(=O)NS(=O)(=O)c4ccc(NCCN5CC[SH](O)(=NC(=O)C6CC6)CC5)c([N+](=O)[O-])c4)c(Oc4cnc5[nH]ccc5c4)c3)CC2)=C(c2ccc(Cl)cc2)C1. The molecular weight excluding hydrogens is 942 g/mol. The van der Waals surface area contributed by atoms with Crippen LogP contribution in [0.2, 0.25) is 5.02 Å². The second kappa shape index (κ2) is 20.0. The van der Waals surface area contributed by atoms with Gasteiger partial charge < -0.3 is 24.5 Å². The van der Waals surface area contributed by atoms with Gasteiger partial charge in [0.05, 0.1) is 21.6 Å². The van der Waals surface area contributed by atoms with Gasteiger partial charge in [0.2, 0.25) is 0 Å². The van der Waals surface area contributed by atoms with Crippen LogP contribution in [0.4, 0.5) is 17.1 Å². The molecule has 2 aliphatic carbocycles. The number of nitrogens with one attached hydrogen (secondary N) is 3. The van der Waals surface area contributed by atoms with Crippen LogP contribution in [0.3, 0.4) is 0 Å². The number of ether oxygens (including phenoxy) is 1. The summed E-state index contributed by atoms with van der Waals surface area (Å²) in [4.78, 5) is 51.5. The molecule has 9 rings (SSSR count). The van der Waals surface area contributed by atoms with E-state index in [0.29, 0.717) is 62.2 Å². The minimum absolute atomic E-state index is 0.0391. The van der Waals surface area contributed by atoms with E-state index in [-0.39, 0.29) is 34.2 Å². The molecule has 1 saturated carbocycles. The van der Waals surface area contributed by atoms with Crippen molar-refractivity contribution in [2.75, 3.05) is 80.6 Å². The number of rotatable bonds is 15. The molecule has 2 saturated heterocycles. The number of carbonyl (C=O) groups is 2. The van der Waals surface area contributed by atoms with Crippen LogP contribution in [0.5, 0.6) is 11.5 Å². The van der Waals surface area contributed by atoms with Crippen molar-refractivity contribution < 1.29 is 32.2 Å². The summed E-state index contributed by atoms with van der Waals surface area (Å²) in [5, 5.41) is 16.8. The molecule has 0 radical (unpaired) electrons. The predicted octanol–water partition coefficient (Wildman–Crippen LogP) is 8.03. The standard InChI is InChI=1S/C49H58ClN9O8S2/c1-49(2)15-13-36(42(30-49)33-5-7-37(50)8-6-33)32-57-19-21-58(22-20-57)38-9-11-41(45(28-38)67-39-27-35-14-16-52-46(35)53-31-39)48(61)55-69(65,66)40-10-12-43(44(29-40)59(62)63)51-17-18-56-23-25-68(64,26-24-56)54-47(60)34-3-4-34/h5-12,14,16,27-29,31,34,51,68H,3-4,13,15,17-26,30,32H2,1-2H3,(H,52,53)(H,55,61)(H,54,60,64). The number of aromatic amines is 1. The zero-order valence-electron chi connectivity index (χ0n) is 38.7. The lowest BCUT2D eigenvalue weighted by molar-refractivity contribution is -0.384. The average molecular weight is 1000 g/mol. The van der Waals surface area contributed by atoms with E-state index in [0.717, 1.165) is 73.9 Å². The number of H-pyrrole nitrogens is 1. The van der Waals surface area contributed by atoms with E-state index < -0.39 is 41.5 Å². The zero-order valence-corrected chi connectivity index (χ0v) is 41.2. The molecule has 2 aromatic heterocycles. The van der Waals surface area contributed by atoms with E-state index in [9.17, 15) is 32.7 Å². The lowest BCUT2D eigenvalue weighted by atomic mass is 9.72. The van der Waals surface area contributed by atoms with Crippen LogP contribution in [0.15, 0.2) is 100 Å². The molecular formula is C49H58ClN9O8S2. The number of thiol groups is 1. The second-order valence-electron chi connectivity index (χ2n) is 19.2. The zero-order chi connectivity index (χ0) is 48.5. The maximum Gasteiger partial charge on any atom is 0.293 e. The van der Waals surface area contributed by atoms with Crippen molar-refractivity contribution in [3.63, 3.8) is 0 Å². The van der Waals surface area contributed by atoms with E-state index in [1.165, 1.54) is 41.1 Å². The van der Waals surface area contributed by atoms with Gasteiger partial charge in [0, 0.05) is 111 Å². The van der Waals surface area contributed by atoms with Gasteiger partial charge in [0.1, 0.15) is 22.8 Å². The second-order valence-corrected chi connectivity index (χ2v) is 24.2. The normalized spacial score (nSPS) is 19.2. The van der Waals surface area contributed by atoms with Crippen LogP contribution >= 0.6 is 11.6 Å². The van der Waals surface area contributed by atoms with Crippen LogP contribution in [0, 0.1) is 21.4 Å². The Morgan fingerprint density at radius 2 is 1.75 bits per heavy atom. The average Bonchev–Trinajstić information content (AvgIpc) is 4.08. The van der Waals surface area contributed by atoms with E-state index in [1.807, 2.05) is 18.2 Å². The van der Waals surface area contributed by atoms with Gasteiger partial charge >= 0.3 is 0 Å². The lowest BCUT2D eigenvalue weighted by Crippen LogP contribution is -2.47. The number of allylic oxidation sites excluding steroid dienone is 1. The highest BCUT2D eigenvalue weighted by Gasteiger charge is 2.33. The summed E-state index contributed by atoms with van der Waals surface area (Å²) in [5.41, 5.74) is 5.29. The number of nitro groups is 1. The third-order valence-corrected chi connectivity index (χ3v) is 17.5. The van der Waals surface area contributed by atoms with E-state index in [4.69, 9.17) is 16.3 Å². The number of carbonyl (C=O) groups excluding carboxylic acids is 2. The molecule has 0 atom stereocenters. The first kappa shape index (κ1) is 48.3. The summed E-state index contributed by atoms with van der Waals surface area (Å²) in [6.07, 6.45) is 8.08. The molecule has 0 spiro atoms. The number of piperazine rings is 1. The number of aromatic nitrogens is 2. The minimum Gasteiger partial charge on any atom is -0.455 e. The number of benzene rings is 3. The molecule has 0 unspecified atom stereocenters. The lowest BCUT2D eigenvalue weighted by Gasteiger charge is -2.39. The summed E-state index contributed by atoms with van der Waals surface area (Å²) < 4.78 is 51.1. The molecule has 2 aliphatic heterocycles. The number of nitro benzene ring substituents is 1. The number of nitrogens with zero attached hydrogens (tertiary/aromatic N) is 6. The quantitative estimate of drug-likeness (QED) is 0.0382. The first-order chi connectivity index (χ1) is 33.0. The fourth-order valence-electron chi connectivity index (χ4n) is 9.29. The monoisotopic (exact) mass is 999 g/mol. The maximum absolute atomic E-state index is 14.0. The van der Waals surface area contributed by atoms with Gasteiger partial charge in [0.25, 0.3) is 27.5 Å². The third kappa shape index (κ3) is 11.7. The first-order valence-electron chi connectivity index (χ1n) is 23.4. The number of anilines is 2. The van der Waals surface area contributed by atoms with E-state index >= 15 is 0 Å². The van der Waals surface area contributed by atoms with Crippen molar-refractivity contribution >= 4 is 77.2 Å². The largest absolute Gasteiger partial charge is 0.455 e. The molecule has 5 aromatic rings. The Hall–Kier alpha value is -5.70. The first-order valence-corrected chi connectivity index (χ1v) is 27.3. The fourth-order valence-corrected chi connectivity index (χ4v) is 12.6. The highest BCUT2D eigenvalue weighted by atomic mass is 35.5. The number of hydrogen-bond acceptors (Lipinski definition) is 12. The summed E-state index contributed by atoms with van der Waals surface area (Å²) in [7, 11) is -7.29. The van der Waals surface area contributed by atoms with Crippen LogP contribution in [-0.2, 0) is 24.9 Å². The number of sulfonamides is 1. The molecule has 0 bridgehead atoms. The number of pyridine rings is 1. The maximum atomic E-state index is 14.0. The van der Waals surface area contributed by atoms with Crippen LogP contribution < -0.4 is 19.7 Å². The Morgan fingerprint density at radius 3 is 2.48 bits per heavy atom. The molecule has 366 valence electrons. The summed E-state index contributed by atoms with van der Waals surface area (Å²) in [6, 6.07) is 20.2. The van der Waals surface area contributed by atoms with Gasteiger partial charge in [-0.15, -0.1) is 0 Å². The summed E-state index contributed by atoms with van der Waals surface area (Å²) >= 11 is 6.25. The van der Waals surface area contributed by atoms with Gasteiger partial charge in [0.15, 0.2) is 0 Å². The number of fused-ring (bicyclic) bond motifs is 1. The molecule has 17 nitrogen and oxygen atoms in total. The molecule has 4 heterocycles. The van der Waals surface area contributed by atoms with Gasteiger partial charge in [-0.25, -0.2) is 18.1 Å². The topological polar surface area (TPSA) is 216 Å². The van der Waals surface area contributed by atoms with Crippen molar-refractivity contribution in [3.8, 4) is 11.5 Å². The van der Waals surface area contributed by atoms with E-state index in [2.05, 4.69) is 65.0 Å². The van der Waals surface area contributed by atoms with Crippen LogP contribution in [0.25, 0.3) is 16.6 Å². The Morgan fingerprint density at radius 1 is 1.00 bits per heavy atom. The number of amides is 2. The van der Waals surface area contributed by atoms with Gasteiger partial charge in [-0.3, -0.25) is 29.5 Å². The smallest absolute Gasteiger partial charge is 0.293 e. The molecule has 3 aromatic carbocycles. The van der Waals surface area contributed by atoms with Crippen molar-refractivity contribution in [1.82, 2.24) is 24.5 Å². The molecule has 4 aliphatic rings. The summed E-state index contributed by atoms with van der Waals surface area (Å²) in [5.74, 6) is 0.0409. The van der Waals surface area contributed by atoms with E-state index in [1.54, 1.807) is 24.4 Å². The number of hydrogen-bond donors (Lipinski definition) is 5. The van der Waals surface area contributed by atoms with Crippen LogP contribution in [-0.4, -0.2) is 120 Å². The van der Waals surface area contributed by atoms with Crippen molar-refractivity contribution in [2.24, 2.45) is 15.7 Å². The Labute approximate surface area is 407 Å². The van der Waals surface area contributed by atoms with Gasteiger partial charge in [-0.2, -0.15) is 4.36 Å². The number of halogens is 1. The van der Waals surface area contributed by atoms with Crippen molar-refractivity contribution in [1.29, 1.82) is 0 Å². The highest BCUT2D eigenvalue weighted by molar-refractivity contribution is 8.00. The van der Waals surface area contributed by atoms with Gasteiger partial charge in [-0.05, 0) is 97.2 Å². The third-order valence-electron chi connectivity index (χ3n) is 13.5. The predicted molar refractivity (Wildman–Crippen MR) is 271 cm³/mol. The molecule has 4 N–H and O–H groups in total. The van der Waals surface area contributed by atoms with Crippen molar-refractivity contribution in [2.45, 2.75) is 50.8 Å². The molecule has 3 fully saturated rings. The molecule has 2 amide bonds. The Bertz CT molecular complexity index is 2970. The minimum atomic E-state index is -4.62. The molecule has 20 heteroatoms. The van der Waals surface area contributed by atoms with Crippen molar-refractivity contribution in [3.05, 3.63) is 117 Å². The Balaban J connectivity index is 0.877. The molecule has 69 heavy (non-hydrogen) atoms. The van der Waals surface area contributed by atoms with Crippen LogP contribution in [0.1, 0.15) is 61.9 Å². The van der Waals surface area contributed by atoms with Gasteiger partial charge in [-0.1, -0.05) is 53.3 Å². The highest BCUT2D eigenvalue weighted by Crippen LogP contribution is 2.44.